The summed E-state index contributed by atoms with van der Waals surface area (Å²) < 4.78 is 56.1. The molecule has 0 aromatic heterocycles. The number of aryl methyl sites for hydroxylation is 2. The number of anilines is 3. The molecule has 1 amide bonds. The van der Waals surface area contributed by atoms with Crippen LogP contribution >= 0.6 is 0 Å². The quantitative estimate of drug-likeness (QED) is 0.307. The smallest absolute Gasteiger partial charge is 0.264 e. The highest BCUT2D eigenvalue weighted by molar-refractivity contribution is 7.93. The Bertz CT molecular complexity index is 1640. The fourth-order valence-corrected chi connectivity index (χ4v) is 6.29. The van der Waals surface area contributed by atoms with E-state index in [2.05, 4.69) is 10.0 Å². The van der Waals surface area contributed by atoms with Gasteiger partial charge < -0.3 is 5.32 Å². The molecule has 0 saturated heterocycles. The lowest BCUT2D eigenvalue weighted by Crippen LogP contribution is -2.38. The van der Waals surface area contributed by atoms with Crippen molar-refractivity contribution in [2.24, 2.45) is 0 Å². The van der Waals surface area contributed by atoms with Crippen molar-refractivity contribution in [3.8, 4) is 0 Å². The number of nitrogens with one attached hydrogen (secondary N) is 2. The highest BCUT2D eigenvalue weighted by Gasteiger charge is 2.27. The van der Waals surface area contributed by atoms with E-state index in [0.29, 0.717) is 17.1 Å². The molecule has 0 bridgehead atoms. The fourth-order valence-electron chi connectivity index (χ4n) is 3.73. The first kappa shape index (κ1) is 26.9. The summed E-state index contributed by atoms with van der Waals surface area (Å²) in [6.07, 6.45) is 0. The molecule has 0 aliphatic rings. The third-order valence-electron chi connectivity index (χ3n) is 5.75. The van der Waals surface area contributed by atoms with Gasteiger partial charge in [0.1, 0.15) is 6.54 Å². The van der Waals surface area contributed by atoms with E-state index >= 15 is 0 Å². The minimum Gasteiger partial charge on any atom is -0.325 e. The largest absolute Gasteiger partial charge is 0.325 e. The normalized spacial score (nSPS) is 11.5. The second-order valence-electron chi connectivity index (χ2n) is 8.66. The van der Waals surface area contributed by atoms with E-state index in [1.54, 1.807) is 54.6 Å². The Morgan fingerprint density at radius 2 is 1.34 bits per heavy atom. The molecule has 0 atom stereocenters. The highest BCUT2D eigenvalue weighted by atomic mass is 32.2. The van der Waals surface area contributed by atoms with Gasteiger partial charge in [-0.1, -0.05) is 48.5 Å². The van der Waals surface area contributed by atoms with Crippen molar-refractivity contribution >= 4 is 43.0 Å². The zero-order valence-corrected chi connectivity index (χ0v) is 22.5. The van der Waals surface area contributed by atoms with Gasteiger partial charge in [-0.15, -0.1) is 0 Å². The average Bonchev–Trinajstić information content (AvgIpc) is 2.90. The van der Waals surface area contributed by atoms with Crippen LogP contribution in [0.5, 0.6) is 0 Å². The van der Waals surface area contributed by atoms with Crippen LogP contribution in [0.4, 0.5) is 17.1 Å². The van der Waals surface area contributed by atoms with Gasteiger partial charge in [0.25, 0.3) is 20.0 Å². The molecule has 196 valence electrons. The molecule has 0 unspecified atom stereocenters. The van der Waals surface area contributed by atoms with Crippen LogP contribution in [0.2, 0.25) is 0 Å². The Kier molecular flexibility index (Phi) is 7.84. The Balaban J connectivity index is 1.51. The van der Waals surface area contributed by atoms with E-state index in [1.165, 1.54) is 36.4 Å². The Morgan fingerprint density at radius 3 is 1.97 bits per heavy atom. The van der Waals surface area contributed by atoms with Crippen LogP contribution in [0.15, 0.2) is 113 Å². The van der Waals surface area contributed by atoms with Crippen molar-refractivity contribution in [1.29, 1.82) is 0 Å². The van der Waals surface area contributed by atoms with Gasteiger partial charge in [-0.05, 0) is 79.6 Å². The van der Waals surface area contributed by atoms with Crippen LogP contribution in [-0.2, 0) is 24.8 Å². The van der Waals surface area contributed by atoms with Crippen molar-refractivity contribution < 1.29 is 21.6 Å². The lowest BCUT2D eigenvalue weighted by Gasteiger charge is -2.24. The van der Waals surface area contributed by atoms with E-state index in [1.807, 2.05) is 26.0 Å². The molecular formula is C28H27N3O5S2. The number of para-hydroxylation sites is 1. The lowest BCUT2D eigenvalue weighted by molar-refractivity contribution is -0.114. The third-order valence-corrected chi connectivity index (χ3v) is 8.92. The average molecular weight is 550 g/mol. The van der Waals surface area contributed by atoms with E-state index < -0.39 is 32.5 Å². The maximum Gasteiger partial charge on any atom is 0.264 e. The molecule has 10 heteroatoms. The standard InChI is InChI=1S/C28H27N3O5S2/c1-21-13-14-22(2)27(19-21)30-37(33,34)25-17-15-23(16-18-25)29-28(32)20-31(24-9-5-3-6-10-24)38(35,36)26-11-7-4-8-12-26/h3-19,30H,20H2,1-2H3,(H,29,32). The number of carbonyl (C=O) groups is 1. The second kappa shape index (κ2) is 11.1. The lowest BCUT2D eigenvalue weighted by atomic mass is 10.1. The van der Waals surface area contributed by atoms with Crippen molar-refractivity contribution in [2.45, 2.75) is 23.6 Å². The first-order valence-electron chi connectivity index (χ1n) is 11.7. The van der Waals surface area contributed by atoms with Crippen molar-refractivity contribution in [3.05, 3.63) is 114 Å². The van der Waals surface area contributed by atoms with Crippen LogP contribution in [0, 0.1) is 13.8 Å². The van der Waals surface area contributed by atoms with E-state index in [9.17, 15) is 21.6 Å². The predicted octanol–water partition coefficient (Wildman–Crippen LogP) is 4.94. The summed E-state index contributed by atoms with van der Waals surface area (Å²) in [5.41, 5.74) is 2.86. The van der Waals surface area contributed by atoms with Gasteiger partial charge >= 0.3 is 0 Å². The number of nitrogens with zero attached hydrogens (tertiary/aromatic N) is 1. The van der Waals surface area contributed by atoms with Crippen molar-refractivity contribution in [3.63, 3.8) is 0 Å². The van der Waals surface area contributed by atoms with Crippen molar-refractivity contribution in [2.75, 3.05) is 20.9 Å². The first-order chi connectivity index (χ1) is 18.1. The number of rotatable bonds is 9. The van der Waals surface area contributed by atoms with Crippen molar-refractivity contribution in [1.82, 2.24) is 0 Å². The summed E-state index contributed by atoms with van der Waals surface area (Å²) in [4.78, 5) is 13.0. The number of hydrogen-bond donors (Lipinski definition) is 2. The zero-order chi connectivity index (χ0) is 27.3. The molecule has 4 aromatic carbocycles. The summed E-state index contributed by atoms with van der Waals surface area (Å²) in [7, 11) is -7.87. The zero-order valence-electron chi connectivity index (χ0n) is 20.8. The van der Waals surface area contributed by atoms with E-state index in [4.69, 9.17) is 0 Å². The van der Waals surface area contributed by atoms with Gasteiger partial charge in [0.2, 0.25) is 5.91 Å². The van der Waals surface area contributed by atoms with Gasteiger partial charge in [-0.25, -0.2) is 16.8 Å². The molecule has 4 aromatic rings. The van der Waals surface area contributed by atoms with Crippen LogP contribution < -0.4 is 14.3 Å². The molecule has 0 aliphatic carbocycles. The number of amides is 1. The number of sulfonamides is 2. The van der Waals surface area contributed by atoms with E-state index in [0.717, 1.165) is 15.4 Å². The van der Waals surface area contributed by atoms with Gasteiger partial charge in [-0.2, -0.15) is 0 Å². The maximum atomic E-state index is 13.3. The second-order valence-corrected chi connectivity index (χ2v) is 12.2. The van der Waals surface area contributed by atoms with Crippen LogP contribution in [-0.4, -0.2) is 29.3 Å². The summed E-state index contributed by atoms with van der Waals surface area (Å²) >= 11 is 0. The first-order valence-corrected chi connectivity index (χ1v) is 14.6. The Hall–Kier alpha value is -4.15. The van der Waals surface area contributed by atoms with E-state index in [-0.39, 0.29) is 9.79 Å². The van der Waals surface area contributed by atoms with Gasteiger partial charge in [0, 0.05) is 5.69 Å². The van der Waals surface area contributed by atoms with Crippen LogP contribution in [0.25, 0.3) is 0 Å². The monoisotopic (exact) mass is 549 g/mol. The number of benzene rings is 4. The molecule has 8 nitrogen and oxygen atoms in total. The minimum absolute atomic E-state index is 0.0222. The molecule has 0 heterocycles. The van der Waals surface area contributed by atoms with Gasteiger partial charge in [-0.3, -0.25) is 13.8 Å². The molecule has 0 fully saturated rings. The molecule has 0 spiro atoms. The Morgan fingerprint density at radius 1 is 0.737 bits per heavy atom. The summed E-state index contributed by atoms with van der Waals surface area (Å²) in [6, 6.07) is 27.3. The van der Waals surface area contributed by atoms with Crippen LogP contribution in [0.3, 0.4) is 0 Å². The number of hydrogen-bond acceptors (Lipinski definition) is 5. The SMILES string of the molecule is Cc1ccc(C)c(NS(=O)(=O)c2ccc(NC(=O)CN(c3ccccc3)S(=O)(=O)c3ccccc3)cc2)c1. The number of carbonyl (C=O) groups excluding carboxylic acids is 1. The molecule has 0 aliphatic heterocycles. The topological polar surface area (TPSA) is 113 Å². The minimum atomic E-state index is -4.02. The molecule has 38 heavy (non-hydrogen) atoms. The van der Waals surface area contributed by atoms with Gasteiger partial charge in [0.05, 0.1) is 21.2 Å². The maximum absolute atomic E-state index is 13.3. The molecular weight excluding hydrogens is 522 g/mol. The summed E-state index contributed by atoms with van der Waals surface area (Å²) in [6.45, 7) is 3.21. The highest BCUT2D eigenvalue weighted by Crippen LogP contribution is 2.24. The van der Waals surface area contributed by atoms with Crippen LogP contribution in [0.1, 0.15) is 11.1 Å². The predicted molar refractivity (Wildman–Crippen MR) is 149 cm³/mol. The van der Waals surface area contributed by atoms with Gasteiger partial charge in [0.15, 0.2) is 0 Å². The summed E-state index contributed by atoms with van der Waals surface area (Å²) in [5, 5.41) is 2.65. The molecule has 0 saturated carbocycles. The summed E-state index contributed by atoms with van der Waals surface area (Å²) in [5.74, 6) is -0.586. The Labute approximate surface area is 223 Å². The fraction of sp³-hybridized carbons (Fsp3) is 0.107. The molecule has 2 N–H and O–H groups in total. The molecule has 0 radical (unpaired) electrons. The third kappa shape index (κ3) is 6.21. The molecule has 4 rings (SSSR count).